The zero-order valence-electron chi connectivity index (χ0n) is 9.96. The minimum absolute atomic E-state index is 0.211. The third-order valence-electron chi connectivity index (χ3n) is 2.80. The number of hydrogen-bond donors (Lipinski definition) is 1. The van der Waals surface area contributed by atoms with Gasteiger partial charge in [-0.15, -0.1) is 0 Å². The average molecular weight is 323 g/mol. The Hall–Kier alpha value is -1.52. The number of carbonyl (C=O) groups excluding carboxylic acids is 1. The van der Waals surface area contributed by atoms with Crippen molar-refractivity contribution < 1.29 is 14.3 Å². The lowest BCUT2D eigenvalue weighted by molar-refractivity contribution is 0.0902. The summed E-state index contributed by atoms with van der Waals surface area (Å²) in [5.41, 5.74) is 1.01. The summed E-state index contributed by atoms with van der Waals surface area (Å²) in [6, 6.07) is 14.2. The number of carbonyl (C=O) groups is 1. The topological polar surface area (TPSA) is 37.3 Å². The summed E-state index contributed by atoms with van der Waals surface area (Å²) < 4.78 is 12.8. The van der Waals surface area contributed by atoms with E-state index >= 15 is 0 Å². The number of ketones is 1. The van der Waals surface area contributed by atoms with Crippen LogP contribution in [0.3, 0.4) is 0 Å². The van der Waals surface area contributed by atoms with Crippen molar-refractivity contribution >= 4 is 21.7 Å². The molecular weight excluding hydrogens is 311 g/mol. The number of halogens is 2. The highest BCUT2D eigenvalue weighted by Gasteiger charge is 2.26. The van der Waals surface area contributed by atoms with E-state index in [0.29, 0.717) is 11.1 Å². The van der Waals surface area contributed by atoms with Gasteiger partial charge in [-0.2, -0.15) is 0 Å². The highest BCUT2D eigenvalue weighted by molar-refractivity contribution is 9.10. The van der Waals surface area contributed by atoms with E-state index in [4.69, 9.17) is 0 Å². The first-order chi connectivity index (χ1) is 9.09. The van der Waals surface area contributed by atoms with Crippen molar-refractivity contribution in [2.45, 2.75) is 10.9 Å². The van der Waals surface area contributed by atoms with Crippen LogP contribution in [0.5, 0.6) is 0 Å². The molecule has 98 valence electrons. The SMILES string of the molecule is O=C(c1ccccc1)[C@@H](Br)[C@@H](O)c1ccc(F)cc1. The first-order valence-electron chi connectivity index (χ1n) is 5.76. The van der Waals surface area contributed by atoms with Crippen LogP contribution in [-0.2, 0) is 0 Å². The Labute approximate surface area is 119 Å². The first-order valence-corrected chi connectivity index (χ1v) is 6.68. The van der Waals surface area contributed by atoms with E-state index < -0.39 is 10.9 Å². The Balaban J connectivity index is 2.17. The monoisotopic (exact) mass is 322 g/mol. The van der Waals surface area contributed by atoms with Gasteiger partial charge in [-0.05, 0) is 17.7 Å². The second-order valence-corrected chi connectivity index (χ2v) is 5.11. The maximum atomic E-state index is 12.8. The van der Waals surface area contributed by atoms with Gasteiger partial charge in [0, 0.05) is 5.56 Å². The zero-order valence-corrected chi connectivity index (χ0v) is 11.5. The van der Waals surface area contributed by atoms with Crippen LogP contribution in [0.15, 0.2) is 54.6 Å². The molecule has 0 spiro atoms. The van der Waals surface area contributed by atoms with Crippen LogP contribution < -0.4 is 0 Å². The van der Waals surface area contributed by atoms with E-state index in [2.05, 4.69) is 15.9 Å². The molecule has 0 bridgehead atoms. The number of benzene rings is 2. The molecule has 4 heteroatoms. The zero-order chi connectivity index (χ0) is 13.8. The second-order valence-electron chi connectivity index (χ2n) is 4.13. The van der Waals surface area contributed by atoms with Crippen molar-refractivity contribution in [3.8, 4) is 0 Å². The fourth-order valence-corrected chi connectivity index (χ4v) is 2.30. The Morgan fingerprint density at radius 3 is 2.21 bits per heavy atom. The van der Waals surface area contributed by atoms with Crippen molar-refractivity contribution in [3.05, 3.63) is 71.5 Å². The van der Waals surface area contributed by atoms with Gasteiger partial charge in [-0.25, -0.2) is 4.39 Å². The molecule has 2 rings (SSSR count). The van der Waals surface area contributed by atoms with Gasteiger partial charge in [0.15, 0.2) is 5.78 Å². The van der Waals surface area contributed by atoms with Crippen molar-refractivity contribution in [3.63, 3.8) is 0 Å². The molecule has 1 N–H and O–H groups in total. The van der Waals surface area contributed by atoms with Crippen LogP contribution in [0.4, 0.5) is 4.39 Å². The molecule has 2 aromatic rings. The Bertz CT molecular complexity index is 554. The number of rotatable bonds is 4. The molecule has 19 heavy (non-hydrogen) atoms. The quantitative estimate of drug-likeness (QED) is 0.691. The van der Waals surface area contributed by atoms with Gasteiger partial charge in [0.2, 0.25) is 0 Å². The Morgan fingerprint density at radius 2 is 1.63 bits per heavy atom. The van der Waals surface area contributed by atoms with Gasteiger partial charge in [0.1, 0.15) is 10.6 Å². The predicted molar refractivity (Wildman–Crippen MR) is 74.8 cm³/mol. The largest absolute Gasteiger partial charge is 0.387 e. The van der Waals surface area contributed by atoms with E-state index in [9.17, 15) is 14.3 Å². The van der Waals surface area contributed by atoms with Crippen LogP contribution in [0.1, 0.15) is 22.0 Å². The van der Waals surface area contributed by atoms with Crippen molar-refractivity contribution in [2.75, 3.05) is 0 Å². The number of hydrogen-bond acceptors (Lipinski definition) is 2. The molecule has 2 atom stereocenters. The van der Waals surface area contributed by atoms with Crippen LogP contribution in [0.25, 0.3) is 0 Å². The van der Waals surface area contributed by atoms with Crippen LogP contribution in [-0.4, -0.2) is 15.7 Å². The van der Waals surface area contributed by atoms with Crippen LogP contribution >= 0.6 is 15.9 Å². The van der Waals surface area contributed by atoms with Crippen molar-refractivity contribution in [1.82, 2.24) is 0 Å². The standard InChI is InChI=1S/C15H12BrFO2/c16-13(14(18)10-4-2-1-3-5-10)15(19)11-6-8-12(17)9-7-11/h1-9,13,15,19H/t13-,15+/m1/s1. The summed E-state index contributed by atoms with van der Waals surface area (Å²) in [5, 5.41) is 10.1. The molecule has 2 aromatic carbocycles. The summed E-state index contributed by atoms with van der Waals surface area (Å²) in [4.78, 5) is 11.4. The van der Waals surface area contributed by atoms with Gasteiger partial charge in [0.25, 0.3) is 0 Å². The number of aliphatic hydroxyl groups is 1. The van der Waals surface area contributed by atoms with Crippen LogP contribution in [0.2, 0.25) is 0 Å². The van der Waals surface area contributed by atoms with E-state index in [-0.39, 0.29) is 11.6 Å². The summed E-state index contributed by atoms with van der Waals surface area (Å²) in [5.74, 6) is -0.589. The molecule has 0 aliphatic rings. The van der Waals surface area contributed by atoms with Gasteiger partial charge >= 0.3 is 0 Å². The summed E-state index contributed by atoms with van der Waals surface area (Å²) in [7, 11) is 0. The molecule has 0 aromatic heterocycles. The number of alkyl halides is 1. The summed E-state index contributed by atoms with van der Waals surface area (Å²) in [6.45, 7) is 0. The highest BCUT2D eigenvalue weighted by Crippen LogP contribution is 2.25. The third kappa shape index (κ3) is 3.28. The van der Waals surface area contributed by atoms with E-state index in [1.165, 1.54) is 24.3 Å². The Kier molecular flexibility index (Phi) is 4.45. The van der Waals surface area contributed by atoms with Gasteiger partial charge in [-0.3, -0.25) is 4.79 Å². The molecule has 0 saturated heterocycles. The first kappa shape index (κ1) is 13.9. The molecule has 0 radical (unpaired) electrons. The molecular formula is C15H12BrFO2. The van der Waals surface area contributed by atoms with E-state index in [1.54, 1.807) is 24.3 Å². The maximum absolute atomic E-state index is 12.8. The fourth-order valence-electron chi connectivity index (χ4n) is 1.73. The summed E-state index contributed by atoms with van der Waals surface area (Å²) >= 11 is 3.21. The molecule has 0 unspecified atom stereocenters. The minimum Gasteiger partial charge on any atom is -0.387 e. The average Bonchev–Trinajstić information content (AvgIpc) is 2.46. The normalized spacial score (nSPS) is 13.8. The maximum Gasteiger partial charge on any atom is 0.179 e. The lowest BCUT2D eigenvalue weighted by Gasteiger charge is -2.16. The van der Waals surface area contributed by atoms with Crippen molar-refractivity contribution in [2.24, 2.45) is 0 Å². The molecule has 0 amide bonds. The molecule has 0 saturated carbocycles. The molecule has 0 aliphatic heterocycles. The minimum atomic E-state index is -1.02. The van der Waals surface area contributed by atoms with E-state index in [0.717, 1.165) is 0 Å². The third-order valence-corrected chi connectivity index (χ3v) is 3.71. The second kappa shape index (κ2) is 6.08. The van der Waals surface area contributed by atoms with Crippen LogP contribution in [0, 0.1) is 5.82 Å². The molecule has 0 aliphatic carbocycles. The van der Waals surface area contributed by atoms with Gasteiger partial charge in [-0.1, -0.05) is 58.4 Å². The van der Waals surface area contributed by atoms with Gasteiger partial charge < -0.3 is 5.11 Å². The molecule has 0 fully saturated rings. The van der Waals surface area contributed by atoms with E-state index in [1.807, 2.05) is 6.07 Å². The Morgan fingerprint density at radius 1 is 1.05 bits per heavy atom. The predicted octanol–water partition coefficient (Wildman–Crippen LogP) is 3.51. The number of aliphatic hydroxyl groups excluding tert-OH is 1. The lowest BCUT2D eigenvalue weighted by Crippen LogP contribution is -2.22. The van der Waals surface area contributed by atoms with Crippen molar-refractivity contribution in [1.29, 1.82) is 0 Å². The number of Topliss-reactive ketones (excluding diaryl/α,β-unsaturated/α-hetero) is 1. The lowest BCUT2D eigenvalue weighted by atomic mass is 10.00. The highest BCUT2D eigenvalue weighted by atomic mass is 79.9. The molecule has 0 heterocycles. The molecule has 2 nitrogen and oxygen atoms in total. The summed E-state index contributed by atoms with van der Waals surface area (Å²) in [6.07, 6.45) is -1.02. The smallest absolute Gasteiger partial charge is 0.179 e. The fraction of sp³-hybridized carbons (Fsp3) is 0.133. The van der Waals surface area contributed by atoms with Gasteiger partial charge in [0.05, 0.1) is 6.10 Å².